The minimum atomic E-state index is -4.32. The van der Waals surface area contributed by atoms with Gasteiger partial charge in [-0.25, -0.2) is 27.2 Å². The Morgan fingerprint density at radius 3 is 2.38 bits per heavy atom. The summed E-state index contributed by atoms with van der Waals surface area (Å²) >= 11 is 0. The summed E-state index contributed by atoms with van der Waals surface area (Å²) < 4.78 is 33.8. The number of rotatable bonds is 3. The number of nitrogens with zero attached hydrogens (tertiary/aromatic N) is 5. The number of aryl methyl sites for hydroxylation is 2. The topological polar surface area (TPSA) is 93.6 Å². The van der Waals surface area contributed by atoms with Gasteiger partial charge in [-0.15, -0.1) is 0 Å². The molecule has 1 aliphatic heterocycles. The number of oxazole rings is 1. The molecule has 29 heavy (non-hydrogen) atoms. The Labute approximate surface area is 174 Å². The molecule has 0 aromatic carbocycles. The summed E-state index contributed by atoms with van der Waals surface area (Å²) in [7, 11) is 20.7. The normalized spacial score (nSPS) is 20.2. The second-order valence-electron chi connectivity index (χ2n) is 7.53. The lowest BCUT2D eigenvalue weighted by atomic mass is 9.46. The van der Waals surface area contributed by atoms with Gasteiger partial charge in [0.05, 0.1) is 37.6 Å². The Morgan fingerprint density at radius 1 is 1.14 bits per heavy atom. The van der Waals surface area contributed by atoms with Crippen LogP contribution in [0.5, 0.6) is 0 Å². The Kier molecular flexibility index (Phi) is 4.55. The molecule has 13 heteroatoms. The molecule has 4 heterocycles. The molecule has 0 aliphatic carbocycles. The minimum absolute atomic E-state index is 0.0799. The number of hydrogen-bond acceptors (Lipinski definition) is 6. The highest BCUT2D eigenvalue weighted by Gasteiger charge is 2.51. The van der Waals surface area contributed by atoms with Crippen LogP contribution in [0.25, 0.3) is 5.65 Å². The first-order chi connectivity index (χ1) is 13.4. The third-order valence-electron chi connectivity index (χ3n) is 5.10. The van der Waals surface area contributed by atoms with E-state index in [1.807, 2.05) is 13.0 Å². The molecule has 4 rings (SSSR count). The quantitative estimate of drug-likeness (QED) is 0.569. The number of pyridine rings is 1. The molecule has 3 aromatic rings. The van der Waals surface area contributed by atoms with Gasteiger partial charge in [-0.3, -0.25) is 0 Å². The van der Waals surface area contributed by atoms with Crippen molar-refractivity contribution in [2.24, 2.45) is 0 Å². The predicted octanol–water partition coefficient (Wildman–Crippen LogP) is -0.116. The molecule has 0 unspecified atom stereocenters. The summed E-state index contributed by atoms with van der Waals surface area (Å²) in [5, 5.41) is -0.0136. The van der Waals surface area contributed by atoms with Crippen molar-refractivity contribution in [1.82, 2.24) is 23.9 Å². The lowest BCUT2D eigenvalue weighted by molar-refractivity contribution is 0.203. The van der Waals surface area contributed by atoms with E-state index < -0.39 is 25.8 Å². The summed E-state index contributed by atoms with van der Waals surface area (Å²) in [5.74, 6) is -0.133. The second kappa shape index (κ2) is 6.50. The van der Waals surface area contributed by atoms with Gasteiger partial charge in [0.15, 0.2) is 11.5 Å². The van der Waals surface area contributed by atoms with E-state index in [4.69, 9.17) is 35.8 Å². The molecule has 1 saturated heterocycles. The fourth-order valence-corrected chi connectivity index (χ4v) is 5.67. The van der Waals surface area contributed by atoms with Gasteiger partial charge in [-0.05, 0) is 53.6 Å². The molecule has 0 amide bonds. The summed E-state index contributed by atoms with van der Waals surface area (Å²) in [6, 6.07) is 1.87. The van der Waals surface area contributed by atoms with Crippen LogP contribution in [0.2, 0.25) is 0 Å². The maximum atomic E-state index is 13.1. The van der Waals surface area contributed by atoms with Gasteiger partial charge in [-0.1, -0.05) is 0 Å². The minimum Gasteiger partial charge on any atom is -0.428 e. The molecule has 1 fully saturated rings. The zero-order valence-electron chi connectivity index (χ0n) is 16.0. The highest BCUT2D eigenvalue weighted by atomic mass is 32.2. The van der Waals surface area contributed by atoms with Crippen LogP contribution in [-0.2, 0) is 10.0 Å². The number of aromatic nitrogens is 4. The van der Waals surface area contributed by atoms with E-state index in [1.165, 1.54) is 13.3 Å². The van der Waals surface area contributed by atoms with Gasteiger partial charge in [-0.2, -0.15) is 5.10 Å². The van der Waals surface area contributed by atoms with E-state index in [2.05, 4.69) is 15.1 Å². The Hall–Kier alpha value is -2.00. The van der Waals surface area contributed by atoms with Gasteiger partial charge in [0.25, 0.3) is 15.1 Å². The first-order valence-electron chi connectivity index (χ1n) is 8.85. The van der Waals surface area contributed by atoms with E-state index in [9.17, 15) is 8.42 Å². The largest absolute Gasteiger partial charge is 0.428 e. The third kappa shape index (κ3) is 3.34. The maximum absolute atomic E-state index is 13.1. The molecule has 140 valence electrons. The van der Waals surface area contributed by atoms with Crippen molar-refractivity contribution in [2.45, 2.75) is 48.4 Å². The van der Waals surface area contributed by atoms with Crippen LogP contribution in [0, 0.1) is 13.8 Å². The zero-order chi connectivity index (χ0) is 21.2. The number of piperidine rings is 1. The van der Waals surface area contributed by atoms with Crippen LogP contribution in [0.15, 0.2) is 34.3 Å². The van der Waals surface area contributed by atoms with Crippen LogP contribution in [0.4, 0.5) is 0 Å². The van der Waals surface area contributed by atoms with Gasteiger partial charge >= 0.3 is 0 Å². The standard InChI is InChI=1S/C16H15B4N5O3S/c1-9-3-13-22-8-23-24(13)7-12(9)11-4-15(17,18)25(16(19,20)5-11)29(26,27)14-6-21-10(2)28-14/h3,6-8,11H,4-5H2,1-2H3. The van der Waals surface area contributed by atoms with Crippen LogP contribution in [-0.4, -0.2) is 74.4 Å². The molecular weight excluding hydrogens is 386 g/mol. The number of fused-ring (bicyclic) bond motifs is 1. The summed E-state index contributed by atoms with van der Waals surface area (Å²) in [6.45, 7) is 3.43. The Balaban J connectivity index is 1.76. The third-order valence-corrected chi connectivity index (χ3v) is 6.96. The molecule has 0 spiro atoms. The van der Waals surface area contributed by atoms with E-state index in [0.717, 1.165) is 17.3 Å². The highest BCUT2D eigenvalue weighted by molar-refractivity contribution is 7.89. The highest BCUT2D eigenvalue weighted by Crippen LogP contribution is 2.44. The molecule has 0 N–H and O–H groups in total. The molecular formula is C16H15B4N5O3S. The zero-order valence-corrected chi connectivity index (χ0v) is 16.8. The van der Waals surface area contributed by atoms with E-state index in [0.29, 0.717) is 9.95 Å². The monoisotopic (exact) mass is 401 g/mol. The van der Waals surface area contributed by atoms with Crippen LogP contribution >= 0.6 is 0 Å². The van der Waals surface area contributed by atoms with Crippen molar-refractivity contribution >= 4 is 47.1 Å². The average Bonchev–Trinajstić information content (AvgIpc) is 3.19. The summed E-state index contributed by atoms with van der Waals surface area (Å²) in [4.78, 5) is 7.97. The number of sulfonamides is 1. The van der Waals surface area contributed by atoms with Crippen LogP contribution in [0.1, 0.15) is 35.8 Å². The molecule has 1 aliphatic rings. The fraction of sp³-hybridized carbons (Fsp3) is 0.438. The average molecular weight is 401 g/mol. The fourth-order valence-electron chi connectivity index (χ4n) is 4.03. The number of hydrogen-bond donors (Lipinski definition) is 0. The van der Waals surface area contributed by atoms with Crippen molar-refractivity contribution in [3.8, 4) is 0 Å². The Bertz CT molecular complexity index is 1170. The second-order valence-corrected chi connectivity index (χ2v) is 9.25. The molecule has 0 saturated carbocycles. The first kappa shape index (κ1) is 20.3. The van der Waals surface area contributed by atoms with Gasteiger partial charge in [0.1, 0.15) is 6.33 Å². The van der Waals surface area contributed by atoms with Crippen LogP contribution < -0.4 is 0 Å². The van der Waals surface area contributed by atoms with Crippen molar-refractivity contribution in [3.05, 3.63) is 41.8 Å². The van der Waals surface area contributed by atoms with Crippen LogP contribution in [0.3, 0.4) is 0 Å². The smallest absolute Gasteiger partial charge is 0.276 e. The van der Waals surface area contributed by atoms with Gasteiger partial charge in [0, 0.05) is 13.1 Å². The van der Waals surface area contributed by atoms with Crippen molar-refractivity contribution in [3.63, 3.8) is 0 Å². The molecule has 8 radical (unpaired) electrons. The lowest BCUT2D eigenvalue weighted by Crippen LogP contribution is -2.68. The van der Waals surface area contributed by atoms with Gasteiger partial charge in [0.2, 0.25) is 0 Å². The van der Waals surface area contributed by atoms with Crippen molar-refractivity contribution < 1.29 is 12.8 Å². The summed E-state index contributed by atoms with van der Waals surface area (Å²) in [6.07, 6.45) is 4.48. The van der Waals surface area contributed by atoms with E-state index in [1.54, 1.807) is 10.7 Å². The molecule has 3 aromatic heterocycles. The molecule has 0 bridgehead atoms. The maximum Gasteiger partial charge on any atom is 0.276 e. The SMILES string of the molecule is [B]C1([B])CC(c2cn3ncnc3cc2C)CC([B])([B])N1S(=O)(=O)c1cnc(C)o1. The Morgan fingerprint density at radius 2 is 1.79 bits per heavy atom. The summed E-state index contributed by atoms with van der Waals surface area (Å²) in [5.41, 5.74) is 2.46. The lowest BCUT2D eigenvalue weighted by Gasteiger charge is -2.55. The van der Waals surface area contributed by atoms with Crippen molar-refractivity contribution in [1.29, 1.82) is 0 Å². The molecule has 0 atom stereocenters. The predicted molar refractivity (Wildman–Crippen MR) is 108 cm³/mol. The molecule has 8 nitrogen and oxygen atoms in total. The van der Waals surface area contributed by atoms with Crippen molar-refractivity contribution in [2.75, 3.05) is 0 Å². The van der Waals surface area contributed by atoms with Gasteiger partial charge < -0.3 is 4.42 Å². The van der Waals surface area contributed by atoms with E-state index in [-0.39, 0.29) is 24.7 Å². The van der Waals surface area contributed by atoms with E-state index >= 15 is 0 Å². The first-order valence-corrected chi connectivity index (χ1v) is 10.3.